The maximum absolute atomic E-state index is 11.1. The first-order valence-corrected chi connectivity index (χ1v) is 5.69. The van der Waals surface area contributed by atoms with Crippen LogP contribution in [0.25, 0.3) is 0 Å². The molecule has 0 bridgehead atoms. The van der Waals surface area contributed by atoms with Crippen LogP contribution in [0.1, 0.15) is 13.3 Å². The van der Waals surface area contributed by atoms with E-state index >= 15 is 0 Å². The number of carbonyl (C=O) groups excluding carboxylic acids is 1. The highest BCUT2D eigenvalue weighted by molar-refractivity contribution is 5.69. The van der Waals surface area contributed by atoms with Crippen LogP contribution in [-0.2, 0) is 9.53 Å². The minimum atomic E-state index is -0.137. The molecule has 0 aliphatic heterocycles. The third kappa shape index (κ3) is 2.32. The zero-order valence-electron chi connectivity index (χ0n) is 9.43. The highest BCUT2D eigenvalue weighted by Crippen LogP contribution is 2.31. The fourth-order valence-corrected chi connectivity index (χ4v) is 2.01. The molecule has 2 unspecified atom stereocenters. The first-order valence-electron chi connectivity index (χ1n) is 5.69. The molecule has 0 fully saturated rings. The van der Waals surface area contributed by atoms with E-state index in [-0.39, 0.29) is 5.97 Å². The Balaban J connectivity index is 2.01. The number of hydrogen-bond donors (Lipinski definition) is 0. The first-order chi connectivity index (χ1) is 7.81. The van der Waals surface area contributed by atoms with Gasteiger partial charge in [0.25, 0.3) is 0 Å². The van der Waals surface area contributed by atoms with E-state index < -0.39 is 0 Å². The molecule has 0 heterocycles. The zero-order valence-corrected chi connectivity index (χ0v) is 9.43. The van der Waals surface area contributed by atoms with Gasteiger partial charge in [-0.2, -0.15) is 0 Å². The Morgan fingerprint density at radius 2 is 2.00 bits per heavy atom. The Kier molecular flexibility index (Phi) is 3.40. The van der Waals surface area contributed by atoms with Crippen LogP contribution in [0.4, 0.5) is 0 Å². The van der Waals surface area contributed by atoms with E-state index in [1.54, 1.807) is 0 Å². The molecule has 16 heavy (non-hydrogen) atoms. The minimum Gasteiger partial charge on any atom is -0.461 e. The lowest BCUT2D eigenvalue weighted by atomic mass is 9.80. The van der Waals surface area contributed by atoms with Crippen molar-refractivity contribution in [3.63, 3.8) is 0 Å². The zero-order chi connectivity index (χ0) is 11.4. The fraction of sp³-hybridized carbons (Fsp3) is 0.357. The lowest BCUT2D eigenvalue weighted by Gasteiger charge is -2.26. The fourth-order valence-electron chi connectivity index (χ4n) is 2.01. The van der Waals surface area contributed by atoms with E-state index in [0.717, 1.165) is 0 Å². The topological polar surface area (TPSA) is 26.3 Å². The summed E-state index contributed by atoms with van der Waals surface area (Å²) in [5, 5.41) is 0. The predicted octanol–water partition coefficient (Wildman–Crippen LogP) is 2.79. The van der Waals surface area contributed by atoms with Gasteiger partial charge in [0.15, 0.2) is 0 Å². The van der Waals surface area contributed by atoms with Crippen LogP contribution in [-0.4, -0.2) is 12.6 Å². The second-order valence-electron chi connectivity index (χ2n) is 4.01. The molecule has 0 spiro atoms. The monoisotopic (exact) mass is 216 g/mol. The molecule has 0 saturated heterocycles. The van der Waals surface area contributed by atoms with E-state index in [4.69, 9.17) is 4.74 Å². The van der Waals surface area contributed by atoms with Crippen molar-refractivity contribution >= 4 is 5.97 Å². The van der Waals surface area contributed by atoms with Crippen LogP contribution in [0, 0.1) is 11.8 Å². The van der Waals surface area contributed by atoms with Gasteiger partial charge in [-0.1, -0.05) is 49.5 Å². The molecule has 0 saturated carbocycles. The Hall–Kier alpha value is -1.57. The van der Waals surface area contributed by atoms with Gasteiger partial charge in [0.05, 0.1) is 0 Å². The molecule has 0 N–H and O–H groups in total. The van der Waals surface area contributed by atoms with E-state index in [9.17, 15) is 4.79 Å². The Labute approximate surface area is 96.0 Å². The van der Waals surface area contributed by atoms with E-state index in [0.29, 0.717) is 24.9 Å². The summed E-state index contributed by atoms with van der Waals surface area (Å²) in [7, 11) is 0. The van der Waals surface area contributed by atoms with Crippen molar-refractivity contribution in [3.05, 3.63) is 48.1 Å². The maximum Gasteiger partial charge on any atom is 0.305 e. The molecule has 2 rings (SSSR count). The molecular weight excluding hydrogens is 200 g/mol. The SMILES string of the molecule is CCC(=O)OCC1=CC=CC2C=CC=CC12. The van der Waals surface area contributed by atoms with Gasteiger partial charge in [0, 0.05) is 18.3 Å². The van der Waals surface area contributed by atoms with Crippen molar-refractivity contribution in [3.8, 4) is 0 Å². The third-order valence-corrected chi connectivity index (χ3v) is 2.94. The average molecular weight is 216 g/mol. The second kappa shape index (κ2) is 4.97. The van der Waals surface area contributed by atoms with Gasteiger partial charge in [0.2, 0.25) is 0 Å². The average Bonchev–Trinajstić information content (AvgIpc) is 2.35. The van der Waals surface area contributed by atoms with E-state index in [1.807, 2.05) is 19.1 Å². The Morgan fingerprint density at radius 3 is 2.81 bits per heavy atom. The number of rotatable bonds is 3. The molecule has 0 amide bonds. The minimum absolute atomic E-state index is 0.137. The molecule has 2 atom stereocenters. The number of carbonyl (C=O) groups is 1. The molecule has 2 aliphatic carbocycles. The number of fused-ring (bicyclic) bond motifs is 1. The van der Waals surface area contributed by atoms with Crippen molar-refractivity contribution in [2.45, 2.75) is 13.3 Å². The Morgan fingerprint density at radius 1 is 1.25 bits per heavy atom. The third-order valence-electron chi connectivity index (χ3n) is 2.94. The van der Waals surface area contributed by atoms with Crippen molar-refractivity contribution in [2.75, 3.05) is 6.61 Å². The Bertz CT molecular complexity index is 386. The molecule has 2 aliphatic rings. The summed E-state index contributed by atoms with van der Waals surface area (Å²) >= 11 is 0. The van der Waals surface area contributed by atoms with Gasteiger partial charge < -0.3 is 4.74 Å². The number of hydrogen-bond acceptors (Lipinski definition) is 2. The largest absolute Gasteiger partial charge is 0.461 e. The van der Waals surface area contributed by atoms with Crippen LogP contribution < -0.4 is 0 Å². The second-order valence-corrected chi connectivity index (χ2v) is 4.01. The molecule has 0 aromatic carbocycles. The van der Waals surface area contributed by atoms with Gasteiger partial charge in [-0.25, -0.2) is 0 Å². The maximum atomic E-state index is 11.1. The van der Waals surface area contributed by atoms with Gasteiger partial charge in [0.1, 0.15) is 6.61 Å². The molecule has 2 nitrogen and oxygen atoms in total. The highest BCUT2D eigenvalue weighted by atomic mass is 16.5. The quantitative estimate of drug-likeness (QED) is 0.678. The molecule has 0 aromatic heterocycles. The van der Waals surface area contributed by atoms with Crippen LogP contribution in [0.2, 0.25) is 0 Å². The number of esters is 1. The lowest BCUT2D eigenvalue weighted by molar-refractivity contribution is -0.142. The predicted molar refractivity (Wildman–Crippen MR) is 63.7 cm³/mol. The van der Waals surface area contributed by atoms with Crippen molar-refractivity contribution < 1.29 is 9.53 Å². The van der Waals surface area contributed by atoms with E-state index in [1.165, 1.54) is 5.57 Å². The summed E-state index contributed by atoms with van der Waals surface area (Å²) in [6.45, 7) is 2.22. The number of ether oxygens (including phenoxy) is 1. The van der Waals surface area contributed by atoms with Crippen molar-refractivity contribution in [1.29, 1.82) is 0 Å². The summed E-state index contributed by atoms with van der Waals surface area (Å²) in [4.78, 5) is 11.1. The normalized spacial score (nSPS) is 26.2. The highest BCUT2D eigenvalue weighted by Gasteiger charge is 2.22. The summed E-state index contributed by atoms with van der Waals surface area (Å²) in [6, 6.07) is 0. The summed E-state index contributed by atoms with van der Waals surface area (Å²) < 4.78 is 5.18. The smallest absolute Gasteiger partial charge is 0.305 e. The van der Waals surface area contributed by atoms with Gasteiger partial charge >= 0.3 is 5.97 Å². The van der Waals surface area contributed by atoms with Gasteiger partial charge in [-0.05, 0) is 5.57 Å². The van der Waals surface area contributed by atoms with Crippen molar-refractivity contribution in [1.82, 2.24) is 0 Å². The lowest BCUT2D eigenvalue weighted by Crippen LogP contribution is -2.20. The first kappa shape index (κ1) is 10.9. The van der Waals surface area contributed by atoms with Gasteiger partial charge in [-0.15, -0.1) is 0 Å². The standard InChI is InChI=1S/C14H16O2/c1-2-14(15)16-10-12-8-5-7-11-6-3-4-9-13(11)12/h3-9,11,13H,2,10H2,1H3. The van der Waals surface area contributed by atoms with Gasteiger partial charge in [-0.3, -0.25) is 4.79 Å². The van der Waals surface area contributed by atoms with Crippen LogP contribution >= 0.6 is 0 Å². The molecule has 84 valence electrons. The molecule has 2 heteroatoms. The van der Waals surface area contributed by atoms with Crippen LogP contribution in [0.15, 0.2) is 48.1 Å². The summed E-state index contributed by atoms with van der Waals surface area (Å²) in [5.41, 5.74) is 1.18. The molecular formula is C14H16O2. The molecule has 0 radical (unpaired) electrons. The molecule has 0 aromatic rings. The summed E-state index contributed by atoms with van der Waals surface area (Å²) in [6.07, 6.45) is 15.2. The summed E-state index contributed by atoms with van der Waals surface area (Å²) in [5.74, 6) is 0.646. The number of allylic oxidation sites excluding steroid dienone is 7. The van der Waals surface area contributed by atoms with Crippen LogP contribution in [0.3, 0.4) is 0 Å². The van der Waals surface area contributed by atoms with Crippen molar-refractivity contribution in [2.24, 2.45) is 11.8 Å². The van der Waals surface area contributed by atoms with Crippen LogP contribution in [0.5, 0.6) is 0 Å². The van der Waals surface area contributed by atoms with E-state index in [2.05, 4.69) is 30.4 Å².